The monoisotopic (exact) mass is 432 g/mol. The third kappa shape index (κ3) is 5.26. The Morgan fingerprint density at radius 2 is 1.94 bits per heavy atom. The van der Waals surface area contributed by atoms with Gasteiger partial charge in [0.25, 0.3) is 0 Å². The number of hydrogen-bond donors (Lipinski definition) is 4. The number of methoxy groups -OCH3 is 2. The third-order valence-corrected chi connectivity index (χ3v) is 6.14. The highest BCUT2D eigenvalue weighted by atomic mass is 16.6. The predicted octanol–water partition coefficient (Wildman–Crippen LogP) is 1.68. The summed E-state index contributed by atoms with van der Waals surface area (Å²) in [4.78, 5) is 15.7. The van der Waals surface area contributed by atoms with E-state index in [2.05, 4.69) is 15.6 Å². The number of nitro groups is 1. The van der Waals surface area contributed by atoms with Gasteiger partial charge in [0.2, 0.25) is 0 Å². The number of aliphatic imine (C=N–C) groups is 1. The first-order valence-electron chi connectivity index (χ1n) is 10.5. The Kier molecular flexibility index (Phi) is 7.34. The van der Waals surface area contributed by atoms with Crippen molar-refractivity contribution in [3.8, 4) is 11.5 Å². The molecule has 170 valence electrons. The van der Waals surface area contributed by atoms with E-state index in [4.69, 9.17) is 20.9 Å². The molecule has 1 aromatic rings. The van der Waals surface area contributed by atoms with Gasteiger partial charge in [-0.2, -0.15) is 0 Å². The van der Waals surface area contributed by atoms with Crippen LogP contribution in [0.4, 0.5) is 0 Å². The Hall–Kier alpha value is -2.85. The number of ether oxygens (including phenoxy) is 2. The summed E-state index contributed by atoms with van der Waals surface area (Å²) in [6.45, 7) is 0.974. The zero-order chi connectivity index (χ0) is 22.4. The second kappa shape index (κ2) is 9.97. The number of nitrogens with zero attached hydrogens (tertiary/aromatic N) is 2. The zero-order valence-electron chi connectivity index (χ0n) is 18.1. The second-order valence-corrected chi connectivity index (χ2v) is 8.17. The molecule has 1 aliphatic carbocycles. The van der Waals surface area contributed by atoms with Crippen LogP contribution in [0.1, 0.15) is 37.7 Å². The topological polar surface area (TPSA) is 150 Å². The number of para-hydroxylation sites is 1. The molecular formula is C21H32N6O4. The maximum atomic E-state index is 11.6. The van der Waals surface area contributed by atoms with E-state index in [0.29, 0.717) is 42.3 Å². The lowest BCUT2D eigenvalue weighted by molar-refractivity contribution is -0.437. The molecule has 0 spiro atoms. The average Bonchev–Trinajstić information content (AvgIpc) is 2.77. The lowest BCUT2D eigenvalue weighted by Gasteiger charge is -2.37. The Labute approximate surface area is 182 Å². The molecule has 1 aliphatic heterocycles. The first-order chi connectivity index (χ1) is 14.9. The van der Waals surface area contributed by atoms with Crippen molar-refractivity contribution < 1.29 is 14.4 Å². The van der Waals surface area contributed by atoms with Gasteiger partial charge in [-0.05, 0) is 56.6 Å². The van der Waals surface area contributed by atoms with Gasteiger partial charge in [0, 0.05) is 5.56 Å². The largest absolute Gasteiger partial charge is 0.493 e. The van der Waals surface area contributed by atoms with Crippen LogP contribution in [0.15, 0.2) is 35.1 Å². The van der Waals surface area contributed by atoms with Crippen molar-refractivity contribution in [3.63, 3.8) is 0 Å². The molecule has 0 saturated heterocycles. The average molecular weight is 433 g/mol. The van der Waals surface area contributed by atoms with E-state index in [0.717, 1.165) is 31.2 Å². The van der Waals surface area contributed by atoms with Crippen LogP contribution >= 0.6 is 0 Å². The van der Waals surface area contributed by atoms with Crippen molar-refractivity contribution >= 4 is 5.96 Å². The van der Waals surface area contributed by atoms with E-state index in [1.54, 1.807) is 14.2 Å². The highest BCUT2D eigenvalue weighted by Gasteiger charge is 2.44. The van der Waals surface area contributed by atoms with E-state index >= 15 is 0 Å². The van der Waals surface area contributed by atoms with Crippen LogP contribution in [0.25, 0.3) is 0 Å². The van der Waals surface area contributed by atoms with Crippen LogP contribution in [0, 0.1) is 22.0 Å². The van der Waals surface area contributed by atoms with Crippen LogP contribution in [-0.4, -0.2) is 37.3 Å². The summed E-state index contributed by atoms with van der Waals surface area (Å²) in [5.74, 6) is 2.42. The molecule has 2 aliphatic rings. The van der Waals surface area contributed by atoms with E-state index in [-0.39, 0.29) is 12.2 Å². The summed E-state index contributed by atoms with van der Waals surface area (Å²) in [7, 11) is 3.15. The van der Waals surface area contributed by atoms with Crippen molar-refractivity contribution in [2.75, 3.05) is 20.8 Å². The number of benzene rings is 1. The molecule has 10 nitrogen and oxygen atoms in total. The molecule has 0 radical (unpaired) electrons. The Morgan fingerprint density at radius 3 is 2.55 bits per heavy atom. The molecule has 1 heterocycles. The minimum absolute atomic E-state index is 0.0913. The summed E-state index contributed by atoms with van der Waals surface area (Å²) in [6.07, 6.45) is 5.79. The van der Waals surface area contributed by atoms with Crippen LogP contribution in [0.2, 0.25) is 0 Å². The van der Waals surface area contributed by atoms with Crippen molar-refractivity contribution in [1.29, 1.82) is 0 Å². The van der Waals surface area contributed by atoms with Crippen molar-refractivity contribution in [3.05, 3.63) is 45.8 Å². The number of hydrogen-bond acceptors (Lipinski definition) is 7. The number of guanidine groups is 1. The van der Waals surface area contributed by atoms with Gasteiger partial charge in [0.1, 0.15) is 0 Å². The maximum Gasteiger partial charge on any atom is 0.301 e. The van der Waals surface area contributed by atoms with Gasteiger partial charge < -0.3 is 25.8 Å². The Bertz CT molecular complexity index is 850. The molecule has 1 saturated carbocycles. The quantitative estimate of drug-likeness (QED) is 0.358. The molecule has 3 rings (SSSR count). The van der Waals surface area contributed by atoms with Gasteiger partial charge in [0.05, 0.1) is 31.9 Å². The van der Waals surface area contributed by atoms with Gasteiger partial charge >= 0.3 is 5.70 Å². The molecule has 1 fully saturated rings. The molecule has 1 aromatic carbocycles. The number of rotatable bonds is 8. The smallest absolute Gasteiger partial charge is 0.301 e. The lowest BCUT2D eigenvalue weighted by Crippen LogP contribution is -2.64. The van der Waals surface area contributed by atoms with Crippen molar-refractivity contribution in [1.82, 2.24) is 10.6 Å². The third-order valence-electron chi connectivity index (χ3n) is 6.14. The van der Waals surface area contributed by atoms with Gasteiger partial charge in [0.15, 0.2) is 23.1 Å². The van der Waals surface area contributed by atoms with Gasteiger partial charge in [-0.1, -0.05) is 12.1 Å². The van der Waals surface area contributed by atoms with Crippen molar-refractivity contribution in [2.24, 2.45) is 28.3 Å². The molecule has 10 heteroatoms. The maximum absolute atomic E-state index is 11.6. The minimum Gasteiger partial charge on any atom is -0.493 e. The SMILES string of the molecule is COc1cccc(CN=C2NC=C([N+](=O)[O-])C(N)(CC3CCC(CN)CC3)N2)c1OC. The fourth-order valence-corrected chi connectivity index (χ4v) is 4.40. The van der Waals surface area contributed by atoms with Crippen LogP contribution in [0.3, 0.4) is 0 Å². The summed E-state index contributed by atoms with van der Waals surface area (Å²) < 4.78 is 10.8. The van der Waals surface area contributed by atoms with Gasteiger partial charge in [-0.15, -0.1) is 0 Å². The highest BCUT2D eigenvalue weighted by Crippen LogP contribution is 2.35. The number of nitrogens with two attached hydrogens (primary N) is 2. The molecule has 0 bridgehead atoms. The summed E-state index contributed by atoms with van der Waals surface area (Å²) in [6, 6.07) is 5.55. The van der Waals surface area contributed by atoms with E-state index in [1.807, 2.05) is 18.2 Å². The van der Waals surface area contributed by atoms with Gasteiger partial charge in [-0.3, -0.25) is 15.8 Å². The van der Waals surface area contributed by atoms with E-state index in [9.17, 15) is 10.1 Å². The fourth-order valence-electron chi connectivity index (χ4n) is 4.40. The molecule has 1 unspecified atom stereocenters. The van der Waals surface area contributed by atoms with E-state index < -0.39 is 10.6 Å². The van der Waals surface area contributed by atoms with E-state index in [1.165, 1.54) is 6.20 Å². The Morgan fingerprint density at radius 1 is 1.23 bits per heavy atom. The van der Waals surface area contributed by atoms with Crippen LogP contribution < -0.4 is 31.6 Å². The first kappa shape index (κ1) is 22.8. The molecule has 6 N–H and O–H groups in total. The molecule has 31 heavy (non-hydrogen) atoms. The fraction of sp³-hybridized carbons (Fsp3) is 0.571. The van der Waals surface area contributed by atoms with Crippen molar-refractivity contribution in [2.45, 2.75) is 44.3 Å². The summed E-state index contributed by atoms with van der Waals surface area (Å²) in [5, 5.41) is 17.6. The number of nitrogens with one attached hydrogen (secondary N) is 2. The first-order valence-corrected chi connectivity index (χ1v) is 10.5. The summed E-state index contributed by atoms with van der Waals surface area (Å²) in [5.41, 5.74) is 11.8. The lowest BCUT2D eigenvalue weighted by atomic mass is 9.77. The molecule has 0 aromatic heterocycles. The summed E-state index contributed by atoms with van der Waals surface area (Å²) >= 11 is 0. The zero-order valence-corrected chi connectivity index (χ0v) is 18.1. The molecule has 0 amide bonds. The molecule has 1 atom stereocenters. The van der Waals surface area contributed by atoms with Gasteiger partial charge in [-0.25, -0.2) is 4.99 Å². The normalized spacial score (nSPS) is 27.1. The minimum atomic E-state index is -1.30. The molecular weight excluding hydrogens is 400 g/mol. The highest BCUT2D eigenvalue weighted by molar-refractivity contribution is 5.83. The standard InChI is InChI=1S/C21H32N6O4/c1-30-17-5-3-4-16(19(17)31-2)12-24-20-25-13-18(27(28)29)21(23,26-20)10-14-6-8-15(11-22)9-7-14/h3-5,13-15H,6-12,22-23H2,1-2H3,(H2,24,25,26). The second-order valence-electron chi connectivity index (χ2n) is 8.17. The Balaban J connectivity index is 1.76. The predicted molar refractivity (Wildman–Crippen MR) is 118 cm³/mol. The van der Waals surface area contributed by atoms with Crippen LogP contribution in [-0.2, 0) is 6.54 Å². The van der Waals surface area contributed by atoms with Crippen LogP contribution in [0.5, 0.6) is 11.5 Å².